The lowest BCUT2D eigenvalue weighted by atomic mass is 9.90. The standard InChI is InChI=1S/C16H20BrN3O6/c1-15(2,3)26-14(22)19-6-5-16(4,9-19)13(21)25-12-11(20(23)24)7-10(17)8-18-12/h7-8H,5-6,9H2,1-4H3. The minimum atomic E-state index is -1.00. The fourth-order valence-corrected chi connectivity index (χ4v) is 2.77. The Morgan fingerprint density at radius 1 is 1.42 bits per heavy atom. The molecule has 1 amide bonds. The summed E-state index contributed by atoms with van der Waals surface area (Å²) in [6.07, 6.45) is 1.15. The van der Waals surface area contributed by atoms with E-state index in [4.69, 9.17) is 9.47 Å². The van der Waals surface area contributed by atoms with Gasteiger partial charge < -0.3 is 14.4 Å². The molecule has 1 fully saturated rings. The maximum atomic E-state index is 12.6. The molecule has 1 aliphatic heterocycles. The average Bonchev–Trinajstić information content (AvgIpc) is 2.91. The van der Waals surface area contributed by atoms with Gasteiger partial charge in [-0.25, -0.2) is 9.78 Å². The second kappa shape index (κ2) is 7.18. The van der Waals surface area contributed by atoms with Gasteiger partial charge in [0, 0.05) is 29.8 Å². The molecule has 10 heteroatoms. The van der Waals surface area contributed by atoms with Gasteiger partial charge in [0.05, 0.1) is 10.3 Å². The van der Waals surface area contributed by atoms with Crippen molar-refractivity contribution in [3.8, 4) is 5.88 Å². The molecular weight excluding hydrogens is 410 g/mol. The molecule has 142 valence electrons. The SMILES string of the molecule is CC(C)(C)OC(=O)N1CCC(C)(C(=O)Oc2ncc(Br)cc2[N+](=O)[O-])C1. The van der Waals surface area contributed by atoms with Gasteiger partial charge in [0.25, 0.3) is 0 Å². The molecule has 1 unspecified atom stereocenters. The number of aromatic nitrogens is 1. The van der Waals surface area contributed by atoms with Crippen molar-refractivity contribution in [2.45, 2.75) is 39.7 Å². The average molecular weight is 430 g/mol. The minimum absolute atomic E-state index is 0.102. The lowest BCUT2D eigenvalue weighted by Gasteiger charge is -2.26. The molecule has 0 saturated carbocycles. The summed E-state index contributed by atoms with van der Waals surface area (Å²) in [6, 6.07) is 1.21. The molecular formula is C16H20BrN3O6. The number of amides is 1. The summed E-state index contributed by atoms with van der Waals surface area (Å²) >= 11 is 3.09. The summed E-state index contributed by atoms with van der Waals surface area (Å²) in [5.41, 5.74) is -2.06. The van der Waals surface area contributed by atoms with Gasteiger partial charge in [-0.3, -0.25) is 14.9 Å². The van der Waals surface area contributed by atoms with Crippen LogP contribution in [0.15, 0.2) is 16.7 Å². The third kappa shape index (κ3) is 4.69. The smallest absolute Gasteiger partial charge is 0.410 e. The zero-order chi connectivity index (χ0) is 19.7. The number of ether oxygens (including phenoxy) is 2. The van der Waals surface area contributed by atoms with Crippen molar-refractivity contribution in [1.82, 2.24) is 9.88 Å². The van der Waals surface area contributed by atoms with Gasteiger partial charge >= 0.3 is 23.6 Å². The quantitative estimate of drug-likeness (QED) is 0.411. The minimum Gasteiger partial charge on any atom is -0.444 e. The Hall–Kier alpha value is -2.23. The topological polar surface area (TPSA) is 112 Å². The Bertz CT molecular complexity index is 748. The van der Waals surface area contributed by atoms with Crippen LogP contribution in [0.25, 0.3) is 0 Å². The summed E-state index contributed by atoms with van der Waals surface area (Å²) < 4.78 is 10.9. The van der Waals surface area contributed by atoms with Crippen molar-refractivity contribution in [3.63, 3.8) is 0 Å². The number of likely N-dealkylation sites (tertiary alicyclic amines) is 1. The molecule has 2 heterocycles. The Balaban J connectivity index is 2.11. The predicted octanol–water partition coefficient (Wildman–Crippen LogP) is 3.30. The molecule has 26 heavy (non-hydrogen) atoms. The van der Waals surface area contributed by atoms with Gasteiger partial charge in [-0.2, -0.15) is 0 Å². The number of carbonyl (C=O) groups is 2. The lowest BCUT2D eigenvalue weighted by Crippen LogP contribution is -2.39. The van der Waals surface area contributed by atoms with E-state index in [-0.39, 0.29) is 12.4 Å². The Kier molecular flexibility index (Phi) is 5.55. The number of nitrogens with zero attached hydrogens (tertiary/aromatic N) is 3. The molecule has 1 aromatic heterocycles. The maximum Gasteiger partial charge on any atom is 0.410 e. The molecule has 9 nitrogen and oxygen atoms in total. The van der Waals surface area contributed by atoms with Crippen molar-refractivity contribution in [3.05, 3.63) is 26.9 Å². The van der Waals surface area contributed by atoms with E-state index in [9.17, 15) is 19.7 Å². The summed E-state index contributed by atoms with van der Waals surface area (Å²) in [5, 5.41) is 11.1. The van der Waals surface area contributed by atoms with Gasteiger partial charge in [-0.05, 0) is 50.0 Å². The largest absolute Gasteiger partial charge is 0.444 e. The molecule has 0 radical (unpaired) electrons. The van der Waals surface area contributed by atoms with E-state index in [1.165, 1.54) is 17.2 Å². The highest BCUT2D eigenvalue weighted by Gasteiger charge is 2.45. The van der Waals surface area contributed by atoms with Crippen LogP contribution in [0.3, 0.4) is 0 Å². The summed E-state index contributed by atoms with van der Waals surface area (Å²) in [7, 11) is 0. The first-order chi connectivity index (χ1) is 11.9. The van der Waals surface area contributed by atoms with Crippen molar-refractivity contribution >= 4 is 33.7 Å². The van der Waals surface area contributed by atoms with Crippen LogP contribution in [0.5, 0.6) is 5.88 Å². The second-order valence-corrected chi connectivity index (χ2v) is 8.25. The molecule has 1 aromatic rings. The van der Waals surface area contributed by atoms with Crippen LogP contribution in [-0.4, -0.2) is 45.6 Å². The molecule has 1 aliphatic rings. The third-order valence-electron chi connectivity index (χ3n) is 3.80. The predicted molar refractivity (Wildman–Crippen MR) is 94.8 cm³/mol. The normalized spacial score (nSPS) is 20.0. The molecule has 1 saturated heterocycles. The monoisotopic (exact) mass is 429 g/mol. The fraction of sp³-hybridized carbons (Fsp3) is 0.562. The first-order valence-electron chi connectivity index (χ1n) is 7.91. The van der Waals surface area contributed by atoms with E-state index in [0.717, 1.165) is 0 Å². The maximum absolute atomic E-state index is 12.6. The highest BCUT2D eigenvalue weighted by Crippen LogP contribution is 2.35. The highest BCUT2D eigenvalue weighted by molar-refractivity contribution is 9.10. The number of nitro groups is 1. The van der Waals surface area contributed by atoms with Crippen molar-refractivity contribution in [1.29, 1.82) is 0 Å². The van der Waals surface area contributed by atoms with Gasteiger partial charge in [0.2, 0.25) is 0 Å². The summed E-state index contributed by atoms with van der Waals surface area (Å²) in [4.78, 5) is 40.4. The van der Waals surface area contributed by atoms with Crippen LogP contribution in [0, 0.1) is 15.5 Å². The van der Waals surface area contributed by atoms with Crippen molar-refractivity contribution in [2.75, 3.05) is 13.1 Å². The molecule has 0 aliphatic carbocycles. The Morgan fingerprint density at radius 3 is 2.65 bits per heavy atom. The van der Waals surface area contributed by atoms with Gasteiger partial charge in [-0.15, -0.1) is 0 Å². The fourth-order valence-electron chi connectivity index (χ4n) is 2.45. The number of esters is 1. The summed E-state index contributed by atoms with van der Waals surface area (Å²) in [5.74, 6) is -1.05. The molecule has 0 N–H and O–H groups in total. The number of pyridine rings is 1. The van der Waals surface area contributed by atoms with Crippen LogP contribution in [0.1, 0.15) is 34.1 Å². The Morgan fingerprint density at radius 2 is 2.08 bits per heavy atom. The zero-order valence-corrected chi connectivity index (χ0v) is 16.5. The van der Waals surface area contributed by atoms with Crippen LogP contribution in [0.4, 0.5) is 10.5 Å². The van der Waals surface area contributed by atoms with E-state index >= 15 is 0 Å². The van der Waals surface area contributed by atoms with Crippen LogP contribution in [-0.2, 0) is 9.53 Å². The van der Waals surface area contributed by atoms with E-state index in [1.54, 1.807) is 27.7 Å². The van der Waals surface area contributed by atoms with E-state index in [0.29, 0.717) is 17.4 Å². The van der Waals surface area contributed by atoms with Crippen molar-refractivity contribution in [2.24, 2.45) is 5.41 Å². The van der Waals surface area contributed by atoms with Crippen molar-refractivity contribution < 1.29 is 24.0 Å². The van der Waals surface area contributed by atoms with Crippen LogP contribution in [0.2, 0.25) is 0 Å². The molecule has 1 atom stereocenters. The zero-order valence-electron chi connectivity index (χ0n) is 14.9. The molecule has 2 rings (SSSR count). The molecule has 0 aromatic carbocycles. The van der Waals surface area contributed by atoms with E-state index < -0.39 is 33.7 Å². The number of halogens is 1. The second-order valence-electron chi connectivity index (χ2n) is 7.34. The van der Waals surface area contributed by atoms with Gasteiger partial charge in [0.1, 0.15) is 5.60 Å². The highest BCUT2D eigenvalue weighted by atomic mass is 79.9. The number of hydrogen-bond donors (Lipinski definition) is 0. The third-order valence-corrected chi connectivity index (χ3v) is 4.24. The number of carbonyl (C=O) groups excluding carboxylic acids is 2. The van der Waals surface area contributed by atoms with E-state index in [1.807, 2.05) is 0 Å². The first-order valence-corrected chi connectivity index (χ1v) is 8.71. The number of hydrogen-bond acceptors (Lipinski definition) is 7. The molecule has 0 bridgehead atoms. The van der Waals surface area contributed by atoms with Gasteiger partial charge in [-0.1, -0.05) is 0 Å². The Labute approximate surface area is 158 Å². The van der Waals surface area contributed by atoms with Gasteiger partial charge in [0.15, 0.2) is 0 Å². The van der Waals surface area contributed by atoms with E-state index in [2.05, 4.69) is 20.9 Å². The summed E-state index contributed by atoms with van der Waals surface area (Å²) in [6.45, 7) is 7.35. The van der Waals surface area contributed by atoms with Crippen LogP contribution < -0.4 is 4.74 Å². The first kappa shape index (κ1) is 20.1. The molecule has 0 spiro atoms. The van der Waals surface area contributed by atoms with Crippen LogP contribution >= 0.6 is 15.9 Å². The number of rotatable bonds is 3. The lowest BCUT2D eigenvalue weighted by molar-refractivity contribution is -0.386.